The van der Waals surface area contributed by atoms with Crippen LogP contribution in [0.5, 0.6) is 17.2 Å². The third kappa shape index (κ3) is 7.57. The van der Waals surface area contributed by atoms with Crippen LogP contribution in [-0.4, -0.2) is 37.3 Å². The van der Waals surface area contributed by atoms with E-state index in [1.165, 1.54) is 22.6 Å². The van der Waals surface area contributed by atoms with Crippen LogP contribution in [0.4, 0.5) is 0 Å². The van der Waals surface area contributed by atoms with E-state index in [0.29, 0.717) is 28.4 Å². The molecule has 0 aromatic heterocycles. The monoisotopic (exact) mass is 634 g/mol. The average molecular weight is 635 g/mol. The van der Waals surface area contributed by atoms with E-state index in [1.807, 2.05) is 59.9 Å². The van der Waals surface area contributed by atoms with Gasteiger partial charge in [-0.05, 0) is 70.5 Å². The van der Waals surface area contributed by atoms with Gasteiger partial charge in [0.2, 0.25) is 0 Å². The first-order valence-corrected chi connectivity index (χ1v) is 14.5. The van der Waals surface area contributed by atoms with Crippen molar-refractivity contribution < 1.29 is 19.0 Å². The van der Waals surface area contributed by atoms with Crippen LogP contribution >= 0.6 is 46.1 Å². The lowest BCUT2D eigenvalue weighted by Crippen LogP contribution is -2.24. The van der Waals surface area contributed by atoms with Crippen molar-refractivity contribution in [3.63, 3.8) is 0 Å². The molecule has 1 fully saturated rings. The van der Waals surface area contributed by atoms with Crippen molar-refractivity contribution >= 4 is 58.2 Å². The Bertz CT molecular complexity index is 1210. The number of nitrogens with zero attached hydrogens (tertiary/aromatic N) is 1. The number of halogens is 1. The van der Waals surface area contributed by atoms with Crippen LogP contribution in [0.2, 0.25) is 0 Å². The Morgan fingerprint density at radius 2 is 1.89 bits per heavy atom. The first kappa shape index (κ1) is 26.7. The Labute approximate surface area is 233 Å². The van der Waals surface area contributed by atoms with Gasteiger partial charge in [0.15, 0.2) is 18.1 Å². The second-order valence-electron chi connectivity index (χ2n) is 8.04. The van der Waals surface area contributed by atoms with E-state index in [4.69, 9.17) is 14.2 Å². The number of nitrogens with one attached hydrogen (secondary N) is 1. The molecular weight excluding hydrogens is 607 g/mol. The van der Waals surface area contributed by atoms with Crippen LogP contribution in [0.1, 0.15) is 26.8 Å². The highest BCUT2D eigenvalue weighted by molar-refractivity contribution is 14.1. The molecule has 1 N–H and O–H groups in total. The largest absolute Gasteiger partial charge is 0.493 e. The average Bonchev–Trinajstić information content (AvgIpc) is 3.42. The Hall–Kier alpha value is -2.37. The number of hydrogen-bond acceptors (Lipinski definition) is 7. The van der Waals surface area contributed by atoms with Gasteiger partial charge in [-0.3, -0.25) is 4.79 Å². The predicted molar refractivity (Wildman–Crippen MR) is 157 cm³/mol. The second-order valence-corrected chi connectivity index (χ2v) is 11.9. The zero-order chi connectivity index (χ0) is 25.3. The van der Waals surface area contributed by atoms with Gasteiger partial charge in [0.1, 0.15) is 12.4 Å². The van der Waals surface area contributed by atoms with Crippen molar-refractivity contribution in [2.75, 3.05) is 25.2 Å². The number of benzene rings is 3. The van der Waals surface area contributed by atoms with Crippen LogP contribution in [0, 0.1) is 10.5 Å². The van der Waals surface area contributed by atoms with Gasteiger partial charge in [0.05, 0.1) is 21.5 Å². The topological polar surface area (TPSA) is 69.2 Å². The lowest BCUT2D eigenvalue weighted by atomic mass is 10.1. The Kier molecular flexibility index (Phi) is 9.82. The molecule has 0 unspecified atom stereocenters. The molecule has 188 valence electrons. The summed E-state index contributed by atoms with van der Waals surface area (Å²) in [5, 5.41) is 4.06. The summed E-state index contributed by atoms with van der Waals surface area (Å²) in [4.78, 5) is 12.2. The number of amides is 1. The molecule has 0 spiro atoms. The van der Waals surface area contributed by atoms with Crippen molar-refractivity contribution in [2.24, 2.45) is 5.10 Å². The molecule has 9 heteroatoms. The van der Waals surface area contributed by atoms with Crippen molar-refractivity contribution in [1.82, 2.24) is 5.43 Å². The molecule has 1 saturated heterocycles. The van der Waals surface area contributed by atoms with Crippen LogP contribution in [0.15, 0.2) is 65.8 Å². The van der Waals surface area contributed by atoms with Crippen molar-refractivity contribution in [3.8, 4) is 17.2 Å². The third-order valence-corrected chi connectivity index (χ3v) is 9.17. The first-order chi connectivity index (χ1) is 17.5. The zero-order valence-corrected chi connectivity index (χ0v) is 23.8. The fourth-order valence-corrected chi connectivity index (χ4v) is 7.18. The van der Waals surface area contributed by atoms with E-state index in [-0.39, 0.29) is 12.5 Å². The minimum Gasteiger partial charge on any atom is -0.493 e. The maximum Gasteiger partial charge on any atom is 0.277 e. The maximum absolute atomic E-state index is 12.2. The van der Waals surface area contributed by atoms with E-state index >= 15 is 0 Å². The predicted octanol–water partition coefficient (Wildman–Crippen LogP) is 6.19. The van der Waals surface area contributed by atoms with E-state index < -0.39 is 0 Å². The highest BCUT2D eigenvalue weighted by Crippen LogP contribution is 2.45. The number of hydrazone groups is 1. The van der Waals surface area contributed by atoms with Crippen LogP contribution in [0.3, 0.4) is 0 Å². The molecule has 36 heavy (non-hydrogen) atoms. The molecule has 1 heterocycles. The number of hydrogen-bond donors (Lipinski definition) is 1. The highest BCUT2D eigenvalue weighted by Gasteiger charge is 2.18. The maximum atomic E-state index is 12.2. The third-order valence-electron chi connectivity index (χ3n) is 5.26. The lowest BCUT2D eigenvalue weighted by Gasteiger charge is -2.14. The molecule has 4 rings (SSSR count). The number of thioether (sulfide) groups is 2. The number of methoxy groups -OCH3 is 1. The van der Waals surface area contributed by atoms with Gasteiger partial charge in [-0.25, -0.2) is 5.43 Å². The summed E-state index contributed by atoms with van der Waals surface area (Å²) in [5.41, 5.74) is 6.84. The normalized spacial score (nSPS) is 13.6. The first-order valence-electron chi connectivity index (χ1n) is 11.4. The van der Waals surface area contributed by atoms with Crippen LogP contribution in [0.25, 0.3) is 0 Å². The fourth-order valence-electron chi connectivity index (χ4n) is 3.54. The minimum atomic E-state index is -0.336. The van der Waals surface area contributed by atoms with Gasteiger partial charge in [-0.2, -0.15) is 5.10 Å². The number of rotatable bonds is 10. The highest BCUT2D eigenvalue weighted by atomic mass is 127. The molecule has 0 radical (unpaired) electrons. The quantitative estimate of drug-likeness (QED) is 0.163. The number of ether oxygens (including phenoxy) is 3. The molecular formula is C27H27IN2O4S2. The van der Waals surface area contributed by atoms with Gasteiger partial charge >= 0.3 is 0 Å². The Balaban J connectivity index is 1.28. The Morgan fingerprint density at radius 3 is 2.61 bits per heavy atom. The van der Waals surface area contributed by atoms with Gasteiger partial charge in [0.25, 0.3) is 5.91 Å². The van der Waals surface area contributed by atoms with Crippen molar-refractivity contribution in [1.29, 1.82) is 0 Å². The molecule has 0 atom stereocenters. The zero-order valence-electron chi connectivity index (χ0n) is 20.0. The molecule has 1 amide bonds. The van der Waals surface area contributed by atoms with Crippen molar-refractivity contribution in [3.05, 3.63) is 86.5 Å². The van der Waals surface area contributed by atoms with Crippen molar-refractivity contribution in [2.45, 2.75) is 18.1 Å². The van der Waals surface area contributed by atoms with E-state index in [0.717, 1.165) is 14.7 Å². The molecule has 1 aliphatic heterocycles. The van der Waals surface area contributed by atoms with Crippen LogP contribution in [-0.2, 0) is 11.4 Å². The fraction of sp³-hybridized carbons (Fsp3) is 0.259. The van der Waals surface area contributed by atoms with Gasteiger partial charge in [-0.15, -0.1) is 23.5 Å². The van der Waals surface area contributed by atoms with E-state index in [9.17, 15) is 4.79 Å². The SMILES string of the molecule is COc1cc(/C=N\NC(=O)COc2ccc(C3SCCS3)cc2)cc(I)c1OCc1cccc(C)c1. The van der Waals surface area contributed by atoms with Gasteiger partial charge in [-0.1, -0.05) is 42.0 Å². The molecule has 6 nitrogen and oxygen atoms in total. The second kappa shape index (κ2) is 13.3. The molecule has 0 bridgehead atoms. The molecule has 0 aliphatic carbocycles. The number of aryl methyl sites for hydroxylation is 1. The smallest absolute Gasteiger partial charge is 0.277 e. The Morgan fingerprint density at radius 1 is 1.11 bits per heavy atom. The van der Waals surface area contributed by atoms with Gasteiger partial charge in [0, 0.05) is 11.5 Å². The summed E-state index contributed by atoms with van der Waals surface area (Å²) in [6.07, 6.45) is 1.57. The van der Waals surface area contributed by atoms with E-state index in [1.54, 1.807) is 13.3 Å². The summed E-state index contributed by atoms with van der Waals surface area (Å²) >= 11 is 6.13. The van der Waals surface area contributed by atoms with Crippen LogP contribution < -0.4 is 19.6 Å². The molecule has 0 saturated carbocycles. The molecule has 3 aromatic carbocycles. The summed E-state index contributed by atoms with van der Waals surface area (Å²) in [6.45, 7) is 2.38. The number of carbonyl (C=O) groups is 1. The summed E-state index contributed by atoms with van der Waals surface area (Å²) in [5.74, 6) is 3.97. The summed E-state index contributed by atoms with van der Waals surface area (Å²) in [7, 11) is 1.60. The molecule has 1 aliphatic rings. The minimum absolute atomic E-state index is 0.115. The summed E-state index contributed by atoms with van der Waals surface area (Å²) in [6, 6.07) is 19.9. The standard InChI is InChI=1S/C27H27IN2O4S2/c1-18-4-3-5-19(12-18)16-34-26-23(28)13-20(14-24(26)32-2)15-29-30-25(31)17-33-22-8-6-21(7-9-22)27-35-10-11-36-27/h3-9,12-15,27H,10-11,16-17H2,1-2H3,(H,30,31)/b29-15-. The number of carbonyl (C=O) groups excluding carboxylic acids is 1. The van der Waals surface area contributed by atoms with E-state index in [2.05, 4.69) is 64.3 Å². The molecule has 3 aromatic rings. The lowest BCUT2D eigenvalue weighted by molar-refractivity contribution is -0.123. The summed E-state index contributed by atoms with van der Waals surface area (Å²) < 4.78 is 18.5. The van der Waals surface area contributed by atoms with Gasteiger partial charge < -0.3 is 14.2 Å².